The first-order valence-corrected chi connectivity index (χ1v) is 8.21. The van der Waals surface area contributed by atoms with Crippen molar-refractivity contribution in [3.8, 4) is 0 Å². The van der Waals surface area contributed by atoms with Crippen molar-refractivity contribution in [3.05, 3.63) is 0 Å². The van der Waals surface area contributed by atoms with Crippen molar-refractivity contribution >= 4 is 0 Å². The van der Waals surface area contributed by atoms with Gasteiger partial charge in [0.15, 0.2) is 0 Å². The second kappa shape index (κ2) is 6.33. The fraction of sp³-hybridized carbons (Fsp3) is 1.00. The standard InChI is InChI=1S/C17H37N3/c1-10-16(4)12-15(19(8)13-18(6)7)14(3)17(5,11-2)20(16)9/h14-15H,10-13H2,1-9H3. The lowest BCUT2D eigenvalue weighted by atomic mass is 9.67. The van der Waals surface area contributed by atoms with Gasteiger partial charge in [0, 0.05) is 17.1 Å². The van der Waals surface area contributed by atoms with Gasteiger partial charge in [0.1, 0.15) is 0 Å². The quantitative estimate of drug-likeness (QED) is 0.718. The van der Waals surface area contributed by atoms with Crippen LogP contribution in [0.15, 0.2) is 0 Å². The minimum Gasteiger partial charge on any atom is -0.297 e. The zero-order valence-corrected chi connectivity index (χ0v) is 15.3. The SMILES string of the molecule is CCC1(C)CC(N(C)CN(C)C)C(C)C(C)(CC)N1C. The highest BCUT2D eigenvalue weighted by Gasteiger charge is 2.51. The molecule has 1 saturated heterocycles. The Morgan fingerprint density at radius 2 is 1.65 bits per heavy atom. The summed E-state index contributed by atoms with van der Waals surface area (Å²) >= 11 is 0. The first-order valence-electron chi connectivity index (χ1n) is 8.21. The van der Waals surface area contributed by atoms with E-state index in [0.29, 0.717) is 17.5 Å². The molecule has 1 aliphatic rings. The molecule has 1 aliphatic heterocycles. The van der Waals surface area contributed by atoms with Gasteiger partial charge in [-0.15, -0.1) is 0 Å². The lowest BCUT2D eigenvalue weighted by molar-refractivity contribution is -0.106. The largest absolute Gasteiger partial charge is 0.297 e. The van der Waals surface area contributed by atoms with Gasteiger partial charge in [0.25, 0.3) is 0 Å². The monoisotopic (exact) mass is 283 g/mol. The van der Waals surface area contributed by atoms with E-state index in [1.165, 1.54) is 19.3 Å². The van der Waals surface area contributed by atoms with Crippen molar-refractivity contribution < 1.29 is 0 Å². The Hall–Kier alpha value is -0.120. The van der Waals surface area contributed by atoms with Crippen molar-refractivity contribution in [2.24, 2.45) is 5.92 Å². The van der Waals surface area contributed by atoms with Crippen LogP contribution in [-0.2, 0) is 0 Å². The Kier molecular flexibility index (Phi) is 5.67. The van der Waals surface area contributed by atoms with Gasteiger partial charge in [-0.05, 0) is 67.2 Å². The lowest BCUT2D eigenvalue weighted by Crippen LogP contribution is -2.68. The normalized spacial score (nSPS) is 39.8. The van der Waals surface area contributed by atoms with E-state index in [-0.39, 0.29) is 5.54 Å². The topological polar surface area (TPSA) is 9.72 Å². The summed E-state index contributed by atoms with van der Waals surface area (Å²) in [5, 5.41) is 0. The maximum atomic E-state index is 2.67. The number of hydrogen-bond acceptors (Lipinski definition) is 3. The predicted molar refractivity (Wildman–Crippen MR) is 89.0 cm³/mol. The fourth-order valence-corrected chi connectivity index (χ4v) is 4.13. The Morgan fingerprint density at radius 3 is 2.05 bits per heavy atom. The summed E-state index contributed by atoms with van der Waals surface area (Å²) in [4.78, 5) is 7.50. The average Bonchev–Trinajstić information content (AvgIpc) is 2.39. The molecule has 0 aromatic carbocycles. The van der Waals surface area contributed by atoms with Gasteiger partial charge >= 0.3 is 0 Å². The van der Waals surface area contributed by atoms with Crippen LogP contribution in [0.3, 0.4) is 0 Å². The van der Waals surface area contributed by atoms with E-state index in [1.54, 1.807) is 0 Å². The van der Waals surface area contributed by atoms with E-state index >= 15 is 0 Å². The molecule has 3 nitrogen and oxygen atoms in total. The zero-order valence-electron chi connectivity index (χ0n) is 15.3. The van der Waals surface area contributed by atoms with E-state index in [0.717, 1.165) is 6.67 Å². The predicted octanol–water partition coefficient (Wildman–Crippen LogP) is 3.11. The second-order valence-electron chi connectivity index (χ2n) is 7.66. The molecular formula is C17H37N3. The molecule has 0 spiro atoms. The average molecular weight is 284 g/mol. The third-order valence-electron chi connectivity index (χ3n) is 6.33. The minimum absolute atomic E-state index is 0.286. The third kappa shape index (κ3) is 3.05. The molecule has 0 aromatic rings. The summed E-state index contributed by atoms with van der Waals surface area (Å²) in [6.45, 7) is 13.1. The molecule has 120 valence electrons. The summed E-state index contributed by atoms with van der Waals surface area (Å²) < 4.78 is 0. The molecule has 1 rings (SSSR count). The maximum Gasteiger partial charge on any atom is 0.0500 e. The van der Waals surface area contributed by atoms with Crippen LogP contribution in [0, 0.1) is 5.92 Å². The van der Waals surface area contributed by atoms with Crippen molar-refractivity contribution in [1.82, 2.24) is 14.7 Å². The van der Waals surface area contributed by atoms with Crippen LogP contribution >= 0.6 is 0 Å². The molecule has 0 amide bonds. The molecular weight excluding hydrogens is 246 g/mol. The van der Waals surface area contributed by atoms with E-state index in [9.17, 15) is 0 Å². The second-order valence-corrected chi connectivity index (χ2v) is 7.66. The smallest absolute Gasteiger partial charge is 0.0500 e. The highest BCUT2D eigenvalue weighted by Crippen LogP contribution is 2.45. The summed E-state index contributed by atoms with van der Waals surface area (Å²) in [7, 11) is 8.95. The van der Waals surface area contributed by atoms with Crippen LogP contribution in [-0.4, -0.2) is 66.7 Å². The highest BCUT2D eigenvalue weighted by atomic mass is 15.3. The van der Waals surface area contributed by atoms with E-state index in [1.807, 2.05) is 0 Å². The Balaban J connectivity index is 3.08. The van der Waals surface area contributed by atoms with Gasteiger partial charge in [0.05, 0.1) is 6.67 Å². The van der Waals surface area contributed by atoms with Crippen molar-refractivity contribution in [1.29, 1.82) is 0 Å². The van der Waals surface area contributed by atoms with Crippen LogP contribution in [0.4, 0.5) is 0 Å². The van der Waals surface area contributed by atoms with Crippen molar-refractivity contribution in [2.45, 2.75) is 71.0 Å². The maximum absolute atomic E-state index is 2.67. The molecule has 4 unspecified atom stereocenters. The number of hydrogen-bond donors (Lipinski definition) is 0. The highest BCUT2D eigenvalue weighted by molar-refractivity contribution is 5.07. The molecule has 0 aliphatic carbocycles. The van der Waals surface area contributed by atoms with Crippen molar-refractivity contribution in [2.75, 3.05) is 34.9 Å². The van der Waals surface area contributed by atoms with E-state index in [4.69, 9.17) is 0 Å². The first-order chi connectivity index (χ1) is 9.12. The molecule has 4 atom stereocenters. The Labute approximate surface area is 127 Å². The van der Waals surface area contributed by atoms with Crippen LogP contribution < -0.4 is 0 Å². The molecule has 1 fully saturated rings. The van der Waals surface area contributed by atoms with Gasteiger partial charge in [-0.3, -0.25) is 14.7 Å². The first kappa shape index (κ1) is 17.9. The van der Waals surface area contributed by atoms with Gasteiger partial charge in [-0.25, -0.2) is 0 Å². The Bertz CT molecular complexity index is 317. The molecule has 0 radical (unpaired) electrons. The zero-order chi connectivity index (χ0) is 15.7. The molecule has 0 N–H and O–H groups in total. The van der Waals surface area contributed by atoms with Gasteiger partial charge in [0.2, 0.25) is 0 Å². The molecule has 1 heterocycles. The van der Waals surface area contributed by atoms with Gasteiger partial charge in [-0.2, -0.15) is 0 Å². The molecule has 0 aromatic heterocycles. The van der Waals surface area contributed by atoms with Crippen LogP contribution in [0.2, 0.25) is 0 Å². The molecule has 20 heavy (non-hydrogen) atoms. The number of likely N-dealkylation sites (tertiary alicyclic amines) is 1. The summed E-state index contributed by atoms with van der Waals surface area (Å²) in [6, 6.07) is 0.656. The number of nitrogens with zero attached hydrogens (tertiary/aromatic N) is 3. The molecule has 3 heteroatoms. The molecule has 0 bridgehead atoms. The fourth-order valence-electron chi connectivity index (χ4n) is 4.13. The number of rotatable bonds is 5. The lowest BCUT2D eigenvalue weighted by Gasteiger charge is -2.61. The Morgan fingerprint density at radius 1 is 1.10 bits per heavy atom. The minimum atomic E-state index is 0.286. The summed E-state index contributed by atoms with van der Waals surface area (Å²) in [6.07, 6.45) is 3.70. The van der Waals surface area contributed by atoms with Crippen LogP contribution in [0.5, 0.6) is 0 Å². The van der Waals surface area contributed by atoms with Gasteiger partial charge in [-0.1, -0.05) is 20.8 Å². The molecule has 0 saturated carbocycles. The number of piperidine rings is 1. The van der Waals surface area contributed by atoms with Gasteiger partial charge < -0.3 is 0 Å². The van der Waals surface area contributed by atoms with Crippen LogP contribution in [0.1, 0.15) is 53.9 Å². The van der Waals surface area contributed by atoms with E-state index < -0.39 is 0 Å². The summed E-state index contributed by atoms with van der Waals surface area (Å²) in [5.74, 6) is 0.682. The van der Waals surface area contributed by atoms with E-state index in [2.05, 4.69) is 77.5 Å². The third-order valence-corrected chi connectivity index (χ3v) is 6.33. The van der Waals surface area contributed by atoms with Crippen molar-refractivity contribution in [3.63, 3.8) is 0 Å². The van der Waals surface area contributed by atoms with Crippen LogP contribution in [0.25, 0.3) is 0 Å². The summed E-state index contributed by atoms with van der Waals surface area (Å²) in [5.41, 5.74) is 0.594.